The second kappa shape index (κ2) is 43.1. The molecule has 0 aliphatic rings. The Morgan fingerprint density at radius 3 is 1.14 bits per heavy atom. The SMILES string of the molecule is CCCCCCCCCCCCOCC(CO)OCC(O)COCC(CO)OP(=O)(O)OCC(COCCCCCCCCCCCC)OCC(O)COCC(CO)OP(=O)(O)O. The van der Waals surface area contributed by atoms with E-state index in [-0.39, 0.29) is 52.9 Å². The van der Waals surface area contributed by atoms with Crippen LogP contribution in [0.1, 0.15) is 142 Å². The molecule has 7 unspecified atom stereocenters. The molecular weight excluding hydrogens is 870 g/mol. The van der Waals surface area contributed by atoms with Crippen LogP contribution in [-0.4, -0.2) is 169 Å². The molecular formula is C42H88O19P2. The summed E-state index contributed by atoms with van der Waals surface area (Å²) in [6.07, 6.45) is 17.1. The minimum Gasteiger partial charge on any atom is -0.394 e. The molecule has 0 aromatic rings. The first-order chi connectivity index (χ1) is 30.3. The zero-order valence-corrected chi connectivity index (χ0v) is 40.3. The summed E-state index contributed by atoms with van der Waals surface area (Å²) >= 11 is 0. The highest BCUT2D eigenvalue weighted by Gasteiger charge is 2.29. The highest BCUT2D eigenvalue weighted by molar-refractivity contribution is 7.47. The third-order valence-electron chi connectivity index (χ3n) is 9.77. The lowest BCUT2D eigenvalue weighted by atomic mass is 10.1. The van der Waals surface area contributed by atoms with Crippen molar-refractivity contribution in [1.82, 2.24) is 0 Å². The maximum Gasteiger partial charge on any atom is 0.472 e. The summed E-state index contributed by atoms with van der Waals surface area (Å²) in [5.41, 5.74) is 0. The van der Waals surface area contributed by atoms with Crippen molar-refractivity contribution in [3.8, 4) is 0 Å². The van der Waals surface area contributed by atoms with E-state index in [1.807, 2.05) is 0 Å². The van der Waals surface area contributed by atoms with Gasteiger partial charge in [0.2, 0.25) is 0 Å². The molecule has 0 amide bonds. The predicted molar refractivity (Wildman–Crippen MR) is 237 cm³/mol. The van der Waals surface area contributed by atoms with Crippen molar-refractivity contribution in [1.29, 1.82) is 0 Å². The fourth-order valence-corrected chi connectivity index (χ4v) is 7.63. The average Bonchev–Trinajstić information content (AvgIpc) is 3.24. The Morgan fingerprint density at radius 2 is 0.746 bits per heavy atom. The van der Waals surface area contributed by atoms with Crippen LogP contribution in [0.15, 0.2) is 0 Å². The lowest BCUT2D eigenvalue weighted by molar-refractivity contribution is -0.0938. The molecule has 0 bridgehead atoms. The van der Waals surface area contributed by atoms with E-state index in [0.29, 0.717) is 13.2 Å². The first-order valence-electron chi connectivity index (χ1n) is 23.4. The van der Waals surface area contributed by atoms with Crippen molar-refractivity contribution in [3.63, 3.8) is 0 Å². The molecule has 0 heterocycles. The van der Waals surface area contributed by atoms with Crippen LogP contribution in [0.25, 0.3) is 0 Å². The van der Waals surface area contributed by atoms with Gasteiger partial charge in [0, 0.05) is 13.2 Å². The molecule has 0 saturated heterocycles. The molecule has 19 nitrogen and oxygen atoms in total. The van der Waals surface area contributed by atoms with E-state index in [2.05, 4.69) is 18.4 Å². The van der Waals surface area contributed by atoms with E-state index < -0.39 is 78.7 Å². The van der Waals surface area contributed by atoms with Gasteiger partial charge in [0.25, 0.3) is 0 Å². The normalized spacial score (nSPS) is 16.2. The van der Waals surface area contributed by atoms with Gasteiger partial charge in [-0.15, -0.1) is 0 Å². The molecule has 0 spiro atoms. The number of unbranched alkanes of at least 4 members (excludes halogenated alkanes) is 18. The van der Waals surface area contributed by atoms with Crippen LogP contribution < -0.4 is 0 Å². The van der Waals surface area contributed by atoms with Gasteiger partial charge in [-0.25, -0.2) is 9.13 Å². The molecule has 0 aromatic heterocycles. The van der Waals surface area contributed by atoms with Gasteiger partial charge in [-0.3, -0.25) is 13.6 Å². The second-order valence-corrected chi connectivity index (χ2v) is 18.7. The van der Waals surface area contributed by atoms with Crippen molar-refractivity contribution in [2.75, 3.05) is 92.5 Å². The molecule has 0 fully saturated rings. The quantitative estimate of drug-likeness (QED) is 0.0282. The van der Waals surface area contributed by atoms with Crippen LogP contribution in [0.5, 0.6) is 0 Å². The molecule has 0 aromatic carbocycles. The van der Waals surface area contributed by atoms with Gasteiger partial charge < -0.3 is 68.6 Å². The molecule has 21 heteroatoms. The largest absolute Gasteiger partial charge is 0.472 e. The number of phosphoric acid groups is 2. The number of hydrogen-bond acceptors (Lipinski definition) is 16. The maximum atomic E-state index is 12.9. The van der Waals surface area contributed by atoms with Gasteiger partial charge in [0.15, 0.2) is 0 Å². The summed E-state index contributed by atoms with van der Waals surface area (Å²) in [7, 11) is -9.67. The Morgan fingerprint density at radius 1 is 0.397 bits per heavy atom. The first-order valence-corrected chi connectivity index (χ1v) is 26.4. The lowest BCUT2D eigenvalue weighted by Crippen LogP contribution is -2.33. The Bertz CT molecular complexity index is 1080. The van der Waals surface area contributed by atoms with E-state index in [1.165, 1.54) is 89.9 Å². The highest BCUT2D eigenvalue weighted by atomic mass is 31.2. The van der Waals surface area contributed by atoms with E-state index in [1.54, 1.807) is 0 Å². The summed E-state index contributed by atoms with van der Waals surface area (Å²) in [5.74, 6) is 0. The number of aliphatic hydroxyl groups excluding tert-OH is 5. The van der Waals surface area contributed by atoms with Crippen LogP contribution in [0, 0.1) is 0 Å². The van der Waals surface area contributed by atoms with Gasteiger partial charge in [-0.1, -0.05) is 129 Å². The summed E-state index contributed by atoms with van der Waals surface area (Å²) in [6.45, 7) is 1.27. The lowest BCUT2D eigenvalue weighted by Gasteiger charge is -2.24. The van der Waals surface area contributed by atoms with E-state index >= 15 is 0 Å². The zero-order valence-electron chi connectivity index (χ0n) is 38.5. The van der Waals surface area contributed by atoms with Gasteiger partial charge in [0.1, 0.15) is 36.6 Å². The molecule has 380 valence electrons. The molecule has 0 radical (unpaired) electrons. The van der Waals surface area contributed by atoms with Crippen LogP contribution >= 0.6 is 15.6 Å². The molecule has 0 saturated carbocycles. The monoisotopic (exact) mass is 959 g/mol. The number of ether oxygens (including phenoxy) is 6. The summed E-state index contributed by atoms with van der Waals surface area (Å²) < 4.78 is 71.8. The third-order valence-corrected chi connectivity index (χ3v) is 11.4. The van der Waals surface area contributed by atoms with Crippen molar-refractivity contribution in [2.24, 2.45) is 0 Å². The Kier molecular flexibility index (Phi) is 42.9. The third kappa shape index (κ3) is 42.9. The molecule has 63 heavy (non-hydrogen) atoms. The number of hydrogen-bond donors (Lipinski definition) is 8. The highest BCUT2D eigenvalue weighted by Crippen LogP contribution is 2.44. The fraction of sp³-hybridized carbons (Fsp3) is 1.00. The topological polar surface area (TPSA) is 279 Å². The first kappa shape index (κ1) is 62.8. The standard InChI is InChI=1S/C42H88O19P2/c1-3-5-7-9-11-13-15-17-19-21-23-53-32-39(25-43)57-30-37(46)28-56-34-41(27-45)61-63(51,52)59-36-42(35-54-24-22-20-18-16-14-12-10-8-6-4-2)58-31-38(47)29-55-33-40(26-44)60-62(48,49)50/h37-47H,3-36H2,1-2H3,(H,51,52)(H2,48,49,50). The summed E-state index contributed by atoms with van der Waals surface area (Å²) in [6, 6.07) is 0. The Labute approximate surface area is 377 Å². The Balaban J connectivity index is 4.71. The van der Waals surface area contributed by atoms with Gasteiger partial charge in [-0.2, -0.15) is 0 Å². The van der Waals surface area contributed by atoms with Crippen molar-refractivity contribution < 1.29 is 91.3 Å². The smallest absolute Gasteiger partial charge is 0.394 e. The van der Waals surface area contributed by atoms with Crippen molar-refractivity contribution in [3.05, 3.63) is 0 Å². The second-order valence-electron chi connectivity index (χ2n) is 16.1. The zero-order chi connectivity index (χ0) is 46.9. The van der Waals surface area contributed by atoms with Crippen LogP contribution in [0.3, 0.4) is 0 Å². The number of rotatable bonds is 50. The number of aliphatic hydroxyl groups is 5. The minimum atomic E-state index is -4.87. The van der Waals surface area contributed by atoms with Crippen LogP contribution in [0.2, 0.25) is 0 Å². The number of phosphoric ester groups is 2. The minimum absolute atomic E-state index is 0.0666. The van der Waals surface area contributed by atoms with E-state index in [0.717, 1.165) is 38.5 Å². The Hall–Kier alpha value is -0.220. The molecule has 8 N–H and O–H groups in total. The van der Waals surface area contributed by atoms with Crippen molar-refractivity contribution in [2.45, 2.75) is 179 Å². The summed E-state index contributed by atoms with van der Waals surface area (Å²) in [5, 5.41) is 49.4. The van der Waals surface area contributed by atoms with E-state index in [9.17, 15) is 39.6 Å². The fourth-order valence-electron chi connectivity index (χ4n) is 6.20. The maximum absolute atomic E-state index is 12.9. The van der Waals surface area contributed by atoms with E-state index in [4.69, 9.17) is 47.3 Å². The van der Waals surface area contributed by atoms with Crippen LogP contribution in [0.4, 0.5) is 0 Å². The average molecular weight is 959 g/mol. The summed E-state index contributed by atoms with van der Waals surface area (Å²) in [4.78, 5) is 28.3. The van der Waals surface area contributed by atoms with Gasteiger partial charge in [-0.05, 0) is 12.8 Å². The predicted octanol–water partition coefficient (Wildman–Crippen LogP) is 5.34. The molecule has 0 aliphatic heterocycles. The van der Waals surface area contributed by atoms with Crippen molar-refractivity contribution >= 4 is 15.6 Å². The van der Waals surface area contributed by atoms with Gasteiger partial charge in [0.05, 0.1) is 79.3 Å². The van der Waals surface area contributed by atoms with Crippen LogP contribution in [-0.2, 0) is 51.1 Å². The van der Waals surface area contributed by atoms with Gasteiger partial charge >= 0.3 is 15.6 Å². The molecule has 0 rings (SSSR count). The molecule has 7 atom stereocenters. The molecule has 0 aliphatic carbocycles.